The summed E-state index contributed by atoms with van der Waals surface area (Å²) in [5.41, 5.74) is -0.317. The zero-order valence-electron chi connectivity index (χ0n) is 12.4. The first-order chi connectivity index (χ1) is 11.5. The van der Waals surface area contributed by atoms with Gasteiger partial charge in [-0.15, -0.1) is 0 Å². The van der Waals surface area contributed by atoms with Crippen molar-refractivity contribution in [2.75, 3.05) is 11.4 Å². The molecule has 0 aliphatic carbocycles. The van der Waals surface area contributed by atoms with Gasteiger partial charge >= 0.3 is 0 Å². The van der Waals surface area contributed by atoms with Crippen molar-refractivity contribution in [2.24, 2.45) is 0 Å². The van der Waals surface area contributed by atoms with Gasteiger partial charge in [0.1, 0.15) is 23.0 Å². The SMILES string of the molecule is O=C(N[C@@H]1CC(=O)N(c2cccc(F)c2)C1)c1c(F)cccc1F. The molecule has 3 rings (SSSR count). The van der Waals surface area contributed by atoms with Gasteiger partial charge in [-0.2, -0.15) is 0 Å². The van der Waals surface area contributed by atoms with Crippen LogP contribution in [0.2, 0.25) is 0 Å². The predicted molar refractivity (Wildman–Crippen MR) is 81.0 cm³/mol. The lowest BCUT2D eigenvalue weighted by molar-refractivity contribution is -0.117. The van der Waals surface area contributed by atoms with Crippen molar-refractivity contribution in [3.05, 3.63) is 65.5 Å². The van der Waals surface area contributed by atoms with E-state index in [2.05, 4.69) is 5.32 Å². The van der Waals surface area contributed by atoms with Crippen molar-refractivity contribution < 1.29 is 22.8 Å². The van der Waals surface area contributed by atoms with E-state index in [9.17, 15) is 22.8 Å². The molecule has 0 saturated carbocycles. The number of nitrogens with one attached hydrogen (secondary N) is 1. The van der Waals surface area contributed by atoms with Crippen molar-refractivity contribution >= 4 is 17.5 Å². The maximum absolute atomic E-state index is 13.6. The number of benzene rings is 2. The summed E-state index contributed by atoms with van der Waals surface area (Å²) in [7, 11) is 0. The van der Waals surface area contributed by atoms with Gasteiger partial charge in [0.05, 0.1) is 6.04 Å². The third kappa shape index (κ3) is 3.10. The Labute approximate surface area is 135 Å². The van der Waals surface area contributed by atoms with Crippen LogP contribution in [0.4, 0.5) is 18.9 Å². The van der Waals surface area contributed by atoms with Crippen LogP contribution in [0.1, 0.15) is 16.8 Å². The number of rotatable bonds is 3. The molecular formula is C17H13F3N2O2. The standard InChI is InChI=1S/C17H13F3N2O2/c18-10-3-1-4-12(7-10)22-9-11(8-15(22)23)21-17(24)16-13(19)5-2-6-14(16)20/h1-7,11H,8-9H2,(H,21,24)/t11-/m1/s1. The van der Waals surface area contributed by atoms with Gasteiger partial charge in [0.15, 0.2) is 0 Å². The van der Waals surface area contributed by atoms with Gasteiger partial charge in [-0.25, -0.2) is 13.2 Å². The Kier molecular flexibility index (Phi) is 4.24. The van der Waals surface area contributed by atoms with Crippen LogP contribution in [0.25, 0.3) is 0 Å². The van der Waals surface area contributed by atoms with Crippen LogP contribution in [-0.2, 0) is 4.79 Å². The number of carbonyl (C=O) groups is 2. The third-order valence-electron chi connectivity index (χ3n) is 3.77. The lowest BCUT2D eigenvalue weighted by atomic mass is 10.1. The molecule has 2 amide bonds. The van der Waals surface area contributed by atoms with Crippen LogP contribution in [0, 0.1) is 17.5 Å². The second-order valence-electron chi connectivity index (χ2n) is 5.46. The molecule has 124 valence electrons. The maximum atomic E-state index is 13.6. The minimum atomic E-state index is -0.973. The average Bonchev–Trinajstić information content (AvgIpc) is 2.87. The first-order valence-electron chi connectivity index (χ1n) is 7.26. The molecule has 4 nitrogen and oxygen atoms in total. The van der Waals surface area contributed by atoms with Gasteiger partial charge in [-0.05, 0) is 30.3 Å². The number of carbonyl (C=O) groups excluding carboxylic acids is 2. The van der Waals surface area contributed by atoms with Crippen LogP contribution in [0.15, 0.2) is 42.5 Å². The molecule has 2 aromatic rings. The highest BCUT2D eigenvalue weighted by atomic mass is 19.1. The fourth-order valence-corrected chi connectivity index (χ4v) is 2.67. The molecule has 0 bridgehead atoms. The van der Waals surface area contributed by atoms with Gasteiger partial charge in [-0.1, -0.05) is 12.1 Å². The minimum absolute atomic E-state index is 0.0294. The monoisotopic (exact) mass is 334 g/mol. The van der Waals surface area contributed by atoms with Crippen LogP contribution < -0.4 is 10.2 Å². The summed E-state index contributed by atoms with van der Waals surface area (Å²) in [6, 6.07) is 8.01. The van der Waals surface area contributed by atoms with E-state index in [1.165, 1.54) is 23.1 Å². The Morgan fingerprint density at radius 1 is 1.08 bits per heavy atom. The summed E-state index contributed by atoms with van der Waals surface area (Å²) in [4.78, 5) is 25.4. The summed E-state index contributed by atoms with van der Waals surface area (Å²) in [5, 5.41) is 2.45. The molecule has 2 aromatic carbocycles. The van der Waals surface area contributed by atoms with Crippen molar-refractivity contribution in [1.82, 2.24) is 5.32 Å². The van der Waals surface area contributed by atoms with E-state index in [-0.39, 0.29) is 18.9 Å². The molecule has 1 saturated heterocycles. The van der Waals surface area contributed by atoms with E-state index in [1.54, 1.807) is 6.07 Å². The van der Waals surface area contributed by atoms with E-state index < -0.39 is 35.0 Å². The highest BCUT2D eigenvalue weighted by Crippen LogP contribution is 2.23. The quantitative estimate of drug-likeness (QED) is 0.938. The molecule has 0 aromatic heterocycles. The molecule has 1 atom stereocenters. The Balaban J connectivity index is 1.74. The molecule has 1 heterocycles. The van der Waals surface area contributed by atoms with Crippen LogP contribution in [0.3, 0.4) is 0 Å². The largest absolute Gasteiger partial charge is 0.347 e. The number of hydrogen-bond donors (Lipinski definition) is 1. The summed E-state index contributed by atoms with van der Waals surface area (Å²) in [6.07, 6.45) is -0.0294. The van der Waals surface area contributed by atoms with Gasteiger partial charge in [0.2, 0.25) is 5.91 Å². The molecule has 7 heteroatoms. The summed E-state index contributed by atoms with van der Waals surface area (Å²) < 4.78 is 40.5. The van der Waals surface area contributed by atoms with Gasteiger partial charge in [0, 0.05) is 18.7 Å². The summed E-state index contributed by atoms with van der Waals surface area (Å²) in [5.74, 6) is -3.66. The first kappa shape index (κ1) is 16.0. The maximum Gasteiger partial charge on any atom is 0.257 e. The zero-order chi connectivity index (χ0) is 17.3. The fourth-order valence-electron chi connectivity index (χ4n) is 2.67. The van der Waals surface area contributed by atoms with Crippen molar-refractivity contribution in [3.63, 3.8) is 0 Å². The molecule has 0 unspecified atom stereocenters. The van der Waals surface area contributed by atoms with Crippen LogP contribution >= 0.6 is 0 Å². The van der Waals surface area contributed by atoms with E-state index in [0.717, 1.165) is 18.2 Å². The Morgan fingerprint density at radius 3 is 2.42 bits per heavy atom. The first-order valence-corrected chi connectivity index (χ1v) is 7.26. The number of anilines is 1. The van der Waals surface area contributed by atoms with Crippen molar-refractivity contribution in [2.45, 2.75) is 12.5 Å². The number of amides is 2. The van der Waals surface area contributed by atoms with Gasteiger partial charge < -0.3 is 10.2 Å². The topological polar surface area (TPSA) is 49.4 Å². The highest BCUT2D eigenvalue weighted by Gasteiger charge is 2.32. The van der Waals surface area contributed by atoms with E-state index in [4.69, 9.17) is 0 Å². The van der Waals surface area contributed by atoms with E-state index in [0.29, 0.717) is 5.69 Å². The van der Waals surface area contributed by atoms with E-state index >= 15 is 0 Å². The van der Waals surface area contributed by atoms with Crippen molar-refractivity contribution in [1.29, 1.82) is 0 Å². The minimum Gasteiger partial charge on any atom is -0.347 e. The van der Waals surface area contributed by atoms with Crippen LogP contribution in [-0.4, -0.2) is 24.4 Å². The fraction of sp³-hybridized carbons (Fsp3) is 0.176. The smallest absolute Gasteiger partial charge is 0.257 e. The average molecular weight is 334 g/mol. The number of hydrogen-bond acceptors (Lipinski definition) is 2. The third-order valence-corrected chi connectivity index (χ3v) is 3.77. The predicted octanol–water partition coefficient (Wildman–Crippen LogP) is 2.64. The summed E-state index contributed by atoms with van der Waals surface area (Å²) >= 11 is 0. The summed E-state index contributed by atoms with van der Waals surface area (Å²) in [6.45, 7) is 0.101. The Hall–Kier alpha value is -2.83. The second kappa shape index (κ2) is 6.35. The van der Waals surface area contributed by atoms with Gasteiger partial charge in [-0.3, -0.25) is 9.59 Å². The molecule has 1 aliphatic heterocycles. The second-order valence-corrected chi connectivity index (χ2v) is 5.46. The van der Waals surface area contributed by atoms with Crippen LogP contribution in [0.5, 0.6) is 0 Å². The van der Waals surface area contributed by atoms with E-state index in [1.807, 2.05) is 0 Å². The molecule has 1 aliphatic rings. The molecule has 1 N–H and O–H groups in total. The number of halogens is 3. The molecule has 1 fully saturated rings. The molecule has 24 heavy (non-hydrogen) atoms. The molecule has 0 radical (unpaired) electrons. The lowest BCUT2D eigenvalue weighted by Crippen LogP contribution is -2.38. The lowest BCUT2D eigenvalue weighted by Gasteiger charge is -2.17. The normalized spacial score (nSPS) is 17.2. The molecule has 0 spiro atoms. The zero-order valence-corrected chi connectivity index (χ0v) is 12.4. The van der Waals surface area contributed by atoms with Crippen molar-refractivity contribution in [3.8, 4) is 0 Å². The van der Waals surface area contributed by atoms with Gasteiger partial charge in [0.25, 0.3) is 5.91 Å². The molecular weight excluding hydrogens is 321 g/mol. The number of nitrogens with zero attached hydrogens (tertiary/aromatic N) is 1. The highest BCUT2D eigenvalue weighted by molar-refractivity contribution is 5.99. The Morgan fingerprint density at radius 2 is 1.75 bits per heavy atom. The Bertz CT molecular complexity index is 790.